The summed E-state index contributed by atoms with van der Waals surface area (Å²) < 4.78 is 0. The lowest BCUT2D eigenvalue weighted by atomic mass is 9.70. The normalized spacial score (nSPS) is 30.5. The first-order chi connectivity index (χ1) is 6.80. The van der Waals surface area contributed by atoms with Crippen molar-refractivity contribution in [1.82, 2.24) is 4.90 Å². The number of carboxylic acid groups (broad SMARTS) is 1. The van der Waals surface area contributed by atoms with Crippen molar-refractivity contribution < 1.29 is 9.90 Å². The Balaban J connectivity index is 2.57. The molecule has 1 N–H and O–H groups in total. The summed E-state index contributed by atoms with van der Waals surface area (Å²) in [4.78, 5) is 12.6. The lowest BCUT2D eigenvalue weighted by molar-refractivity contribution is -0.139. The number of nitrogens with zero attached hydrogens (tertiary/aromatic N) is 1. The SMILES string of the molecule is CC1CC(N(C)CC(=O)O)CC(C)(C)C1. The maximum absolute atomic E-state index is 10.7. The first-order valence-corrected chi connectivity index (χ1v) is 5.72. The fourth-order valence-electron chi connectivity index (χ4n) is 2.97. The van der Waals surface area contributed by atoms with Crippen LogP contribution < -0.4 is 0 Å². The molecule has 0 radical (unpaired) electrons. The van der Waals surface area contributed by atoms with Gasteiger partial charge in [0.1, 0.15) is 0 Å². The van der Waals surface area contributed by atoms with Crippen LogP contribution in [-0.2, 0) is 4.79 Å². The summed E-state index contributed by atoms with van der Waals surface area (Å²) in [5.74, 6) is -0.0245. The summed E-state index contributed by atoms with van der Waals surface area (Å²) in [7, 11) is 1.92. The Hall–Kier alpha value is -0.570. The molecule has 0 amide bonds. The molecule has 0 bridgehead atoms. The third-order valence-corrected chi connectivity index (χ3v) is 3.37. The Morgan fingerprint density at radius 1 is 1.47 bits per heavy atom. The van der Waals surface area contributed by atoms with E-state index in [-0.39, 0.29) is 6.54 Å². The average molecular weight is 213 g/mol. The molecule has 1 rings (SSSR count). The summed E-state index contributed by atoms with van der Waals surface area (Å²) in [6.45, 7) is 6.99. The molecule has 3 nitrogen and oxygen atoms in total. The zero-order chi connectivity index (χ0) is 11.6. The van der Waals surface area contributed by atoms with E-state index in [2.05, 4.69) is 20.8 Å². The number of rotatable bonds is 3. The topological polar surface area (TPSA) is 40.5 Å². The van der Waals surface area contributed by atoms with E-state index in [4.69, 9.17) is 5.11 Å². The highest BCUT2D eigenvalue weighted by molar-refractivity contribution is 5.69. The summed E-state index contributed by atoms with van der Waals surface area (Å²) in [6, 6.07) is 0.430. The van der Waals surface area contributed by atoms with Gasteiger partial charge >= 0.3 is 5.97 Å². The molecule has 0 aromatic rings. The Kier molecular flexibility index (Phi) is 3.77. The maximum atomic E-state index is 10.7. The van der Waals surface area contributed by atoms with Crippen LogP contribution in [-0.4, -0.2) is 35.6 Å². The summed E-state index contributed by atoms with van der Waals surface area (Å²) >= 11 is 0. The van der Waals surface area contributed by atoms with Crippen LogP contribution in [0.2, 0.25) is 0 Å². The molecule has 0 saturated heterocycles. The van der Waals surface area contributed by atoms with Gasteiger partial charge in [-0.25, -0.2) is 0 Å². The van der Waals surface area contributed by atoms with Crippen LogP contribution in [0.4, 0.5) is 0 Å². The molecule has 2 atom stereocenters. The highest BCUT2D eigenvalue weighted by Crippen LogP contribution is 2.39. The minimum Gasteiger partial charge on any atom is -0.480 e. The molecule has 0 aliphatic heterocycles. The van der Waals surface area contributed by atoms with Gasteiger partial charge in [0.25, 0.3) is 0 Å². The van der Waals surface area contributed by atoms with Crippen LogP contribution >= 0.6 is 0 Å². The van der Waals surface area contributed by atoms with Gasteiger partial charge in [-0.3, -0.25) is 9.69 Å². The summed E-state index contributed by atoms with van der Waals surface area (Å²) in [5, 5.41) is 8.77. The molecule has 0 heterocycles. The van der Waals surface area contributed by atoms with E-state index in [1.807, 2.05) is 11.9 Å². The standard InChI is InChI=1S/C12H23NO2/c1-9-5-10(7-12(2,3)6-9)13(4)8-11(14)15/h9-10H,5-8H2,1-4H3,(H,14,15). The molecule has 1 fully saturated rings. The molecule has 3 heteroatoms. The highest BCUT2D eigenvalue weighted by Gasteiger charge is 2.34. The lowest BCUT2D eigenvalue weighted by Crippen LogP contribution is -2.43. The Labute approximate surface area is 92.5 Å². The fourth-order valence-corrected chi connectivity index (χ4v) is 2.97. The van der Waals surface area contributed by atoms with Gasteiger partial charge < -0.3 is 5.11 Å². The molecule has 1 saturated carbocycles. The van der Waals surface area contributed by atoms with E-state index in [9.17, 15) is 4.79 Å². The number of likely N-dealkylation sites (N-methyl/N-ethyl adjacent to an activating group) is 1. The second-order valence-corrected chi connectivity index (χ2v) is 5.88. The fraction of sp³-hybridized carbons (Fsp3) is 0.917. The minimum absolute atomic E-state index is 0.160. The number of hydrogen-bond donors (Lipinski definition) is 1. The second-order valence-electron chi connectivity index (χ2n) is 5.88. The average Bonchev–Trinajstić information content (AvgIpc) is 1.98. The molecule has 2 unspecified atom stereocenters. The third-order valence-electron chi connectivity index (χ3n) is 3.37. The zero-order valence-corrected chi connectivity index (χ0v) is 10.3. The van der Waals surface area contributed by atoms with Crippen LogP contribution in [0.1, 0.15) is 40.0 Å². The molecular formula is C12H23NO2. The molecule has 1 aliphatic rings. The van der Waals surface area contributed by atoms with Crippen molar-refractivity contribution >= 4 is 5.97 Å². The van der Waals surface area contributed by atoms with Gasteiger partial charge in [0.05, 0.1) is 6.54 Å². The largest absolute Gasteiger partial charge is 0.480 e. The number of aliphatic carboxylic acids is 1. The second kappa shape index (κ2) is 4.52. The smallest absolute Gasteiger partial charge is 0.317 e. The van der Waals surface area contributed by atoms with Crippen LogP contribution in [0.5, 0.6) is 0 Å². The van der Waals surface area contributed by atoms with E-state index < -0.39 is 5.97 Å². The Morgan fingerprint density at radius 3 is 2.53 bits per heavy atom. The molecule has 0 aromatic heterocycles. The highest BCUT2D eigenvalue weighted by atomic mass is 16.4. The van der Waals surface area contributed by atoms with E-state index in [1.54, 1.807) is 0 Å². The monoisotopic (exact) mass is 213 g/mol. The van der Waals surface area contributed by atoms with E-state index in [0.717, 1.165) is 12.8 Å². The quantitative estimate of drug-likeness (QED) is 0.781. The molecule has 1 aliphatic carbocycles. The number of carbonyl (C=O) groups is 1. The van der Waals surface area contributed by atoms with E-state index in [0.29, 0.717) is 17.4 Å². The van der Waals surface area contributed by atoms with Crippen molar-refractivity contribution in [3.63, 3.8) is 0 Å². The number of hydrogen-bond acceptors (Lipinski definition) is 2. The van der Waals surface area contributed by atoms with Gasteiger partial charge in [0, 0.05) is 6.04 Å². The Bertz CT molecular complexity index is 238. The summed E-state index contributed by atoms with van der Waals surface area (Å²) in [6.07, 6.45) is 3.50. The molecule has 88 valence electrons. The van der Waals surface area contributed by atoms with Gasteiger partial charge in [0.15, 0.2) is 0 Å². The van der Waals surface area contributed by atoms with Crippen molar-refractivity contribution in [2.45, 2.75) is 46.1 Å². The molecule has 0 aromatic carbocycles. The van der Waals surface area contributed by atoms with Crippen LogP contribution in [0, 0.1) is 11.3 Å². The van der Waals surface area contributed by atoms with Crippen LogP contribution in [0.25, 0.3) is 0 Å². The number of carboxylic acids is 1. The van der Waals surface area contributed by atoms with Gasteiger partial charge in [-0.05, 0) is 37.6 Å². The predicted octanol–water partition coefficient (Wildman–Crippen LogP) is 2.22. The first-order valence-electron chi connectivity index (χ1n) is 5.72. The maximum Gasteiger partial charge on any atom is 0.317 e. The van der Waals surface area contributed by atoms with Crippen LogP contribution in [0.15, 0.2) is 0 Å². The summed E-state index contributed by atoms with van der Waals surface area (Å²) in [5.41, 5.74) is 0.356. The van der Waals surface area contributed by atoms with E-state index in [1.165, 1.54) is 6.42 Å². The van der Waals surface area contributed by atoms with Crippen LogP contribution in [0.3, 0.4) is 0 Å². The van der Waals surface area contributed by atoms with Crippen molar-refractivity contribution in [3.05, 3.63) is 0 Å². The molecule has 15 heavy (non-hydrogen) atoms. The van der Waals surface area contributed by atoms with Gasteiger partial charge in [0.2, 0.25) is 0 Å². The van der Waals surface area contributed by atoms with Crippen molar-refractivity contribution in [3.8, 4) is 0 Å². The predicted molar refractivity (Wildman–Crippen MR) is 60.8 cm³/mol. The zero-order valence-electron chi connectivity index (χ0n) is 10.3. The Morgan fingerprint density at radius 2 is 2.07 bits per heavy atom. The van der Waals surface area contributed by atoms with Gasteiger partial charge in [-0.15, -0.1) is 0 Å². The third kappa shape index (κ3) is 3.82. The van der Waals surface area contributed by atoms with Gasteiger partial charge in [-0.1, -0.05) is 20.8 Å². The molecule has 0 spiro atoms. The van der Waals surface area contributed by atoms with E-state index >= 15 is 0 Å². The van der Waals surface area contributed by atoms with Gasteiger partial charge in [-0.2, -0.15) is 0 Å². The molecular weight excluding hydrogens is 190 g/mol. The van der Waals surface area contributed by atoms with Crippen molar-refractivity contribution in [1.29, 1.82) is 0 Å². The first kappa shape index (κ1) is 12.5. The lowest BCUT2D eigenvalue weighted by Gasteiger charge is -2.42. The van der Waals surface area contributed by atoms with Crippen molar-refractivity contribution in [2.75, 3.05) is 13.6 Å². The van der Waals surface area contributed by atoms with Crippen molar-refractivity contribution in [2.24, 2.45) is 11.3 Å². The minimum atomic E-state index is -0.728.